The standard InChI is InChI=1S/C15H16N4O4S2/c1-4-5-23-14(22)12-8(2)16-15(25-12)19-13(21)9-6-11(20)18-10(17-9)7-24-3/h4,6H,1,5,7H2,2-3H3,(H,16,19,21)(H,17,18,20). The van der Waals surface area contributed by atoms with Crippen LogP contribution in [0.1, 0.15) is 31.7 Å². The number of amides is 1. The van der Waals surface area contributed by atoms with Crippen molar-refractivity contribution < 1.29 is 14.3 Å². The third-order valence-corrected chi connectivity index (χ3v) is 4.45. The average Bonchev–Trinajstić information content (AvgIpc) is 2.92. The maximum Gasteiger partial charge on any atom is 0.350 e. The van der Waals surface area contributed by atoms with Gasteiger partial charge in [-0.2, -0.15) is 11.8 Å². The van der Waals surface area contributed by atoms with Crippen LogP contribution in [0.25, 0.3) is 0 Å². The lowest BCUT2D eigenvalue weighted by molar-refractivity contribution is 0.0554. The topological polar surface area (TPSA) is 114 Å². The molecule has 0 aliphatic carbocycles. The van der Waals surface area contributed by atoms with Gasteiger partial charge < -0.3 is 9.72 Å². The maximum absolute atomic E-state index is 12.3. The molecular weight excluding hydrogens is 364 g/mol. The molecule has 8 nitrogen and oxygen atoms in total. The molecule has 0 saturated heterocycles. The van der Waals surface area contributed by atoms with Gasteiger partial charge in [0.1, 0.15) is 23.0 Å². The second kappa shape index (κ2) is 8.58. The molecule has 2 rings (SSSR count). The summed E-state index contributed by atoms with van der Waals surface area (Å²) >= 11 is 2.46. The molecule has 0 saturated carbocycles. The first-order chi connectivity index (χ1) is 11.9. The number of esters is 1. The minimum Gasteiger partial charge on any atom is -0.457 e. The summed E-state index contributed by atoms with van der Waals surface area (Å²) in [6, 6.07) is 1.11. The Bertz CT molecular complexity index is 859. The highest BCUT2D eigenvalue weighted by molar-refractivity contribution is 7.97. The summed E-state index contributed by atoms with van der Waals surface area (Å²) in [5, 5.41) is 2.77. The van der Waals surface area contributed by atoms with Gasteiger partial charge in [-0.15, -0.1) is 0 Å². The first-order valence-corrected chi connectivity index (χ1v) is 9.31. The molecule has 10 heteroatoms. The van der Waals surface area contributed by atoms with Crippen LogP contribution in [0.15, 0.2) is 23.5 Å². The number of rotatable bonds is 7. The Hall–Kier alpha value is -2.46. The number of thiazole rings is 1. The SMILES string of the molecule is C=CCOC(=O)c1sc(NC(=O)c2cc(=O)[nH]c(CSC)n2)nc1C. The molecule has 0 bridgehead atoms. The summed E-state index contributed by atoms with van der Waals surface area (Å²) in [6.45, 7) is 5.20. The quantitative estimate of drug-likeness (QED) is 0.558. The van der Waals surface area contributed by atoms with Gasteiger partial charge in [-0.05, 0) is 13.2 Å². The van der Waals surface area contributed by atoms with Gasteiger partial charge in [-0.3, -0.25) is 14.9 Å². The van der Waals surface area contributed by atoms with E-state index >= 15 is 0 Å². The first-order valence-electron chi connectivity index (χ1n) is 7.10. The van der Waals surface area contributed by atoms with Crippen LogP contribution >= 0.6 is 23.1 Å². The molecule has 0 aliphatic heterocycles. The average molecular weight is 380 g/mol. The molecule has 1 amide bonds. The molecule has 0 radical (unpaired) electrons. The Morgan fingerprint density at radius 2 is 2.24 bits per heavy atom. The zero-order valence-corrected chi connectivity index (χ0v) is 15.3. The highest BCUT2D eigenvalue weighted by Crippen LogP contribution is 2.23. The number of hydrogen-bond donors (Lipinski definition) is 2. The normalized spacial score (nSPS) is 10.3. The number of carbonyl (C=O) groups is 2. The van der Waals surface area contributed by atoms with E-state index in [1.54, 1.807) is 6.92 Å². The molecule has 2 N–H and O–H groups in total. The van der Waals surface area contributed by atoms with Crippen molar-refractivity contribution in [1.82, 2.24) is 15.0 Å². The fourth-order valence-electron chi connectivity index (χ4n) is 1.83. The molecule has 0 fully saturated rings. The number of aromatic amines is 1. The van der Waals surface area contributed by atoms with E-state index in [9.17, 15) is 14.4 Å². The number of aryl methyl sites for hydroxylation is 1. The summed E-state index contributed by atoms with van der Waals surface area (Å²) in [7, 11) is 0. The number of hydrogen-bond acceptors (Lipinski definition) is 8. The summed E-state index contributed by atoms with van der Waals surface area (Å²) in [5.74, 6) is -0.222. The van der Waals surface area contributed by atoms with Crippen molar-refractivity contribution in [3.8, 4) is 0 Å². The Balaban J connectivity index is 2.17. The molecule has 0 spiro atoms. The molecule has 0 atom stereocenters. The molecule has 132 valence electrons. The second-order valence-corrected chi connectivity index (χ2v) is 6.65. The zero-order chi connectivity index (χ0) is 18.4. The van der Waals surface area contributed by atoms with Gasteiger partial charge in [0, 0.05) is 6.07 Å². The molecule has 2 aromatic rings. The van der Waals surface area contributed by atoms with Gasteiger partial charge in [-0.1, -0.05) is 24.0 Å². The van der Waals surface area contributed by atoms with Crippen molar-refractivity contribution in [2.45, 2.75) is 12.7 Å². The number of nitrogens with zero attached hydrogens (tertiary/aromatic N) is 2. The van der Waals surface area contributed by atoms with Gasteiger partial charge in [0.2, 0.25) is 0 Å². The zero-order valence-electron chi connectivity index (χ0n) is 13.6. The highest BCUT2D eigenvalue weighted by Gasteiger charge is 2.19. The van der Waals surface area contributed by atoms with Crippen LogP contribution in [0.2, 0.25) is 0 Å². The first kappa shape index (κ1) is 18.9. The highest BCUT2D eigenvalue weighted by atomic mass is 32.2. The van der Waals surface area contributed by atoms with E-state index < -0.39 is 17.4 Å². The van der Waals surface area contributed by atoms with E-state index in [1.807, 2.05) is 6.26 Å². The summed E-state index contributed by atoms with van der Waals surface area (Å²) in [6.07, 6.45) is 3.32. The molecule has 2 aromatic heterocycles. The Morgan fingerprint density at radius 1 is 1.48 bits per heavy atom. The second-order valence-electron chi connectivity index (χ2n) is 4.79. The van der Waals surface area contributed by atoms with Crippen molar-refractivity contribution >= 4 is 40.1 Å². The van der Waals surface area contributed by atoms with Crippen LogP contribution in [0, 0.1) is 6.92 Å². The van der Waals surface area contributed by atoms with Gasteiger partial charge in [0.25, 0.3) is 11.5 Å². The van der Waals surface area contributed by atoms with Crippen molar-refractivity contribution in [2.75, 3.05) is 18.2 Å². The van der Waals surface area contributed by atoms with Crippen molar-refractivity contribution in [3.05, 3.63) is 51.2 Å². The van der Waals surface area contributed by atoms with Crippen LogP contribution in [0.3, 0.4) is 0 Å². The third-order valence-electron chi connectivity index (χ3n) is 2.84. The molecule has 0 aromatic carbocycles. The number of ether oxygens (including phenoxy) is 1. The molecule has 2 heterocycles. The Kier molecular flexibility index (Phi) is 6.48. The van der Waals surface area contributed by atoms with E-state index in [0.717, 1.165) is 17.4 Å². The number of anilines is 1. The van der Waals surface area contributed by atoms with Gasteiger partial charge in [0.15, 0.2) is 5.13 Å². The van der Waals surface area contributed by atoms with E-state index in [0.29, 0.717) is 22.1 Å². The predicted molar refractivity (Wildman–Crippen MR) is 97.4 cm³/mol. The third kappa shape index (κ3) is 5.00. The van der Waals surface area contributed by atoms with E-state index in [1.165, 1.54) is 17.8 Å². The van der Waals surface area contributed by atoms with Crippen LogP contribution in [-0.2, 0) is 10.5 Å². The fourth-order valence-corrected chi connectivity index (χ4v) is 3.10. The fraction of sp³-hybridized carbons (Fsp3) is 0.267. The predicted octanol–water partition coefficient (Wildman–Crippen LogP) is 1.99. The summed E-state index contributed by atoms with van der Waals surface area (Å²) in [5.41, 5.74) is 0.0148. The van der Waals surface area contributed by atoms with Gasteiger partial charge in [-0.25, -0.2) is 14.8 Å². The lowest BCUT2D eigenvalue weighted by Crippen LogP contribution is -2.20. The molecular formula is C15H16N4O4S2. The minimum absolute atomic E-state index is 0.0172. The lowest BCUT2D eigenvalue weighted by atomic mass is 10.3. The number of H-pyrrole nitrogens is 1. The Morgan fingerprint density at radius 3 is 2.92 bits per heavy atom. The minimum atomic E-state index is -0.576. The van der Waals surface area contributed by atoms with Crippen molar-refractivity contribution in [1.29, 1.82) is 0 Å². The van der Waals surface area contributed by atoms with Crippen LogP contribution in [0.4, 0.5) is 5.13 Å². The van der Waals surface area contributed by atoms with E-state index in [2.05, 4.69) is 26.8 Å². The van der Waals surface area contributed by atoms with Crippen molar-refractivity contribution in [3.63, 3.8) is 0 Å². The number of thioether (sulfide) groups is 1. The number of carbonyl (C=O) groups excluding carboxylic acids is 2. The van der Waals surface area contributed by atoms with Crippen LogP contribution in [-0.4, -0.2) is 39.7 Å². The number of aromatic nitrogens is 3. The molecule has 25 heavy (non-hydrogen) atoms. The smallest absolute Gasteiger partial charge is 0.350 e. The molecule has 0 aliphatic rings. The van der Waals surface area contributed by atoms with E-state index in [4.69, 9.17) is 4.74 Å². The summed E-state index contributed by atoms with van der Waals surface area (Å²) in [4.78, 5) is 46.9. The van der Waals surface area contributed by atoms with E-state index in [-0.39, 0.29) is 17.4 Å². The summed E-state index contributed by atoms with van der Waals surface area (Å²) < 4.78 is 4.96. The molecule has 0 unspecified atom stereocenters. The maximum atomic E-state index is 12.3. The lowest BCUT2D eigenvalue weighted by Gasteiger charge is -2.03. The Labute approximate surface area is 151 Å². The van der Waals surface area contributed by atoms with Crippen LogP contribution < -0.4 is 10.9 Å². The van der Waals surface area contributed by atoms with Gasteiger partial charge in [0.05, 0.1) is 11.4 Å². The number of nitrogens with one attached hydrogen (secondary N) is 2. The van der Waals surface area contributed by atoms with Crippen LogP contribution in [0.5, 0.6) is 0 Å². The largest absolute Gasteiger partial charge is 0.457 e. The monoisotopic (exact) mass is 380 g/mol. The van der Waals surface area contributed by atoms with Gasteiger partial charge >= 0.3 is 5.97 Å². The van der Waals surface area contributed by atoms with Crippen molar-refractivity contribution in [2.24, 2.45) is 0 Å².